The van der Waals surface area contributed by atoms with Gasteiger partial charge in [0.15, 0.2) is 0 Å². The Morgan fingerprint density at radius 1 is 0.500 bits per heavy atom. The minimum absolute atomic E-state index is 0.102. The third-order valence-electron chi connectivity index (χ3n) is 9.15. The summed E-state index contributed by atoms with van der Waals surface area (Å²) in [5.41, 5.74) is 6.24. The fraction of sp³-hybridized carbons (Fsp3) is 0.0833. The normalized spacial score (nSPS) is 11.6. The van der Waals surface area contributed by atoms with Gasteiger partial charge in [-0.1, -0.05) is 84.1 Å². The summed E-state index contributed by atoms with van der Waals surface area (Å²) in [4.78, 5) is 2.04. The van der Waals surface area contributed by atoms with Crippen LogP contribution in [-0.4, -0.2) is 20.9 Å². The third kappa shape index (κ3) is 6.92. The van der Waals surface area contributed by atoms with Crippen molar-refractivity contribution < 1.29 is 22.6 Å². The lowest BCUT2D eigenvalue weighted by Crippen LogP contribution is -2.07. The van der Waals surface area contributed by atoms with Gasteiger partial charge in [0.2, 0.25) is 6.79 Å². The van der Waals surface area contributed by atoms with E-state index in [9.17, 15) is 13.2 Å². The molecule has 1 aliphatic rings. The first-order chi connectivity index (χ1) is 26.2. The SMILES string of the molecule is CN(C)c1ccc(C#Cc2ccc3c4c(c(C#Cc5ccc(C(F)(F)F)cc5)cc3c2)OCOc2c(C#Cc3ccccc3)cc3ccccc3c2-4)cc1. The number of alkyl halides is 3. The van der Waals surface area contributed by atoms with Crippen LogP contribution in [0.2, 0.25) is 0 Å². The first kappa shape index (κ1) is 34.0. The topological polar surface area (TPSA) is 21.7 Å². The van der Waals surface area contributed by atoms with E-state index >= 15 is 0 Å². The minimum atomic E-state index is -4.44. The summed E-state index contributed by atoms with van der Waals surface area (Å²) >= 11 is 0. The lowest BCUT2D eigenvalue weighted by Gasteiger charge is -2.16. The zero-order valence-corrected chi connectivity index (χ0v) is 29.3. The number of ether oxygens (including phenoxy) is 2. The highest BCUT2D eigenvalue weighted by atomic mass is 19.4. The summed E-state index contributed by atoms with van der Waals surface area (Å²) < 4.78 is 52.7. The summed E-state index contributed by atoms with van der Waals surface area (Å²) in [5.74, 6) is 20.6. The predicted octanol–water partition coefficient (Wildman–Crippen LogP) is 10.7. The Labute approximate surface area is 311 Å². The molecule has 0 aromatic heterocycles. The van der Waals surface area contributed by atoms with Gasteiger partial charge < -0.3 is 14.4 Å². The average molecular weight is 710 g/mol. The van der Waals surface area contributed by atoms with Crippen LogP contribution in [0.5, 0.6) is 11.5 Å². The number of anilines is 1. The van der Waals surface area contributed by atoms with Crippen LogP contribution in [0.4, 0.5) is 18.9 Å². The molecule has 260 valence electrons. The van der Waals surface area contributed by atoms with Crippen molar-refractivity contribution in [2.24, 2.45) is 0 Å². The molecule has 0 fully saturated rings. The maximum Gasteiger partial charge on any atom is 0.416 e. The molecule has 0 N–H and O–H groups in total. The van der Waals surface area contributed by atoms with Crippen molar-refractivity contribution in [2.75, 3.05) is 25.8 Å². The molecule has 0 atom stereocenters. The molecule has 0 saturated carbocycles. The van der Waals surface area contributed by atoms with Crippen LogP contribution in [0.3, 0.4) is 0 Å². The van der Waals surface area contributed by atoms with Crippen molar-refractivity contribution in [3.63, 3.8) is 0 Å². The number of benzene rings is 7. The second kappa shape index (κ2) is 14.2. The largest absolute Gasteiger partial charge is 0.456 e. The number of hydrogen-bond acceptors (Lipinski definition) is 3. The Bertz CT molecular complexity index is 2750. The zero-order valence-electron chi connectivity index (χ0n) is 29.3. The van der Waals surface area contributed by atoms with Gasteiger partial charge >= 0.3 is 6.18 Å². The van der Waals surface area contributed by atoms with Gasteiger partial charge in [0.1, 0.15) is 11.5 Å². The van der Waals surface area contributed by atoms with Crippen molar-refractivity contribution >= 4 is 27.2 Å². The van der Waals surface area contributed by atoms with Crippen molar-refractivity contribution in [1.29, 1.82) is 0 Å². The Morgan fingerprint density at radius 3 is 1.63 bits per heavy atom. The second-order valence-electron chi connectivity index (χ2n) is 13.0. The van der Waals surface area contributed by atoms with Gasteiger partial charge in [-0.3, -0.25) is 0 Å². The summed E-state index contributed by atoms with van der Waals surface area (Å²) in [6.07, 6.45) is -4.44. The molecule has 0 amide bonds. The average Bonchev–Trinajstić information content (AvgIpc) is 3.39. The molecule has 8 rings (SSSR count). The van der Waals surface area contributed by atoms with Gasteiger partial charge in [-0.25, -0.2) is 0 Å². The molecule has 0 radical (unpaired) electrons. The maximum absolute atomic E-state index is 13.3. The van der Waals surface area contributed by atoms with E-state index < -0.39 is 11.7 Å². The molecular formula is C48H30F3NO2. The van der Waals surface area contributed by atoms with Crippen LogP contribution in [0, 0.1) is 35.5 Å². The van der Waals surface area contributed by atoms with Crippen LogP contribution in [0.15, 0.2) is 133 Å². The number of hydrogen-bond donors (Lipinski definition) is 0. The summed E-state index contributed by atoms with van der Waals surface area (Å²) in [6, 6.07) is 40.7. The minimum Gasteiger partial charge on any atom is -0.456 e. The summed E-state index contributed by atoms with van der Waals surface area (Å²) in [7, 11) is 3.99. The van der Waals surface area contributed by atoms with E-state index in [4.69, 9.17) is 9.47 Å². The van der Waals surface area contributed by atoms with Crippen molar-refractivity contribution in [3.05, 3.63) is 172 Å². The van der Waals surface area contributed by atoms with Crippen LogP contribution >= 0.6 is 0 Å². The Hall–Kier alpha value is -7.07. The number of nitrogens with zero attached hydrogens (tertiary/aromatic N) is 1. The lowest BCUT2D eigenvalue weighted by atomic mass is 9.88. The molecule has 1 aliphatic heterocycles. The summed E-state index contributed by atoms with van der Waals surface area (Å²) in [6.45, 7) is -0.102. The van der Waals surface area contributed by atoms with Crippen LogP contribution in [0.1, 0.15) is 38.9 Å². The van der Waals surface area contributed by atoms with E-state index in [1.807, 2.05) is 122 Å². The fourth-order valence-electron chi connectivity index (χ4n) is 6.45. The Kier molecular flexibility index (Phi) is 8.92. The van der Waals surface area contributed by atoms with Crippen LogP contribution in [0.25, 0.3) is 32.7 Å². The molecule has 0 aliphatic carbocycles. The Balaban J connectivity index is 1.34. The molecule has 0 unspecified atom stereocenters. The van der Waals surface area contributed by atoms with E-state index in [0.29, 0.717) is 28.2 Å². The summed E-state index contributed by atoms with van der Waals surface area (Å²) in [5, 5.41) is 3.68. The van der Waals surface area contributed by atoms with Gasteiger partial charge in [-0.2, -0.15) is 13.2 Å². The molecule has 0 bridgehead atoms. The van der Waals surface area contributed by atoms with Gasteiger partial charge in [-0.05, 0) is 106 Å². The first-order valence-electron chi connectivity index (χ1n) is 17.2. The molecule has 7 aromatic rings. The van der Waals surface area contributed by atoms with E-state index in [0.717, 1.165) is 67.2 Å². The smallest absolute Gasteiger partial charge is 0.416 e. The monoisotopic (exact) mass is 709 g/mol. The second-order valence-corrected chi connectivity index (χ2v) is 13.0. The van der Waals surface area contributed by atoms with Crippen LogP contribution < -0.4 is 14.4 Å². The highest BCUT2D eigenvalue weighted by molar-refractivity contribution is 6.12. The molecule has 3 nitrogen and oxygen atoms in total. The standard InChI is InChI=1S/C48H30F3NO2/c1-52(2)41-25-18-33(19-26-41)12-13-35-20-27-43-39(28-35)30-38(22-15-34-16-23-40(24-17-34)48(49,50)51)47-45(43)44-42-11-7-6-10-36(42)29-37(46(44)53-31-54-47)21-14-32-8-4-3-5-9-32/h3-11,16-20,23-30H,31H2,1-2H3. The van der Waals surface area contributed by atoms with Gasteiger partial charge in [0, 0.05) is 53.2 Å². The molecule has 0 saturated heterocycles. The van der Waals surface area contributed by atoms with E-state index in [1.54, 1.807) is 0 Å². The van der Waals surface area contributed by atoms with Gasteiger partial charge in [-0.15, -0.1) is 0 Å². The molecule has 6 heteroatoms. The quantitative estimate of drug-likeness (QED) is 0.158. The van der Waals surface area contributed by atoms with Crippen molar-refractivity contribution in [2.45, 2.75) is 6.18 Å². The van der Waals surface area contributed by atoms with Gasteiger partial charge in [0.25, 0.3) is 0 Å². The first-order valence-corrected chi connectivity index (χ1v) is 17.2. The molecule has 7 aromatic carbocycles. The van der Waals surface area contributed by atoms with Crippen LogP contribution in [-0.2, 0) is 6.18 Å². The maximum atomic E-state index is 13.3. The predicted molar refractivity (Wildman–Crippen MR) is 210 cm³/mol. The molecule has 54 heavy (non-hydrogen) atoms. The number of rotatable bonds is 1. The van der Waals surface area contributed by atoms with E-state index in [1.165, 1.54) is 12.1 Å². The van der Waals surface area contributed by atoms with Gasteiger partial charge in [0.05, 0.1) is 16.7 Å². The molecule has 1 heterocycles. The third-order valence-corrected chi connectivity index (χ3v) is 9.15. The van der Waals surface area contributed by atoms with Crippen molar-refractivity contribution in [1.82, 2.24) is 0 Å². The number of fused-ring (bicyclic) bond motifs is 7. The van der Waals surface area contributed by atoms with Crippen molar-refractivity contribution in [3.8, 4) is 58.1 Å². The molecule has 0 spiro atoms. The highest BCUT2D eigenvalue weighted by Crippen LogP contribution is 2.50. The zero-order chi connectivity index (χ0) is 37.2. The Morgan fingerprint density at radius 2 is 1.00 bits per heavy atom. The lowest BCUT2D eigenvalue weighted by molar-refractivity contribution is -0.137. The fourth-order valence-corrected chi connectivity index (χ4v) is 6.45. The van der Waals surface area contributed by atoms with E-state index in [2.05, 4.69) is 41.6 Å². The molecular weight excluding hydrogens is 680 g/mol. The van der Waals surface area contributed by atoms with E-state index in [-0.39, 0.29) is 6.79 Å². The highest BCUT2D eigenvalue weighted by Gasteiger charge is 2.30. The number of halogens is 3.